The van der Waals surface area contributed by atoms with Crippen molar-refractivity contribution in [1.29, 1.82) is 0 Å². The Morgan fingerprint density at radius 2 is 0.885 bits per heavy atom. The first-order valence-electron chi connectivity index (χ1n) is 8.81. The molecule has 3 rings (SSSR count). The van der Waals surface area contributed by atoms with Crippen LogP contribution in [0.3, 0.4) is 0 Å². The average molecular weight is 362 g/mol. The smallest absolute Gasteiger partial charge is 0.427 e. The van der Waals surface area contributed by atoms with Gasteiger partial charge in [0.25, 0.3) is 0 Å². The molecular formula is C21H23BO3Si. The summed E-state index contributed by atoms with van der Waals surface area (Å²) in [6.45, 7) is 0. The number of benzene rings is 3. The largest absolute Gasteiger partial charge is 0.623 e. The first-order chi connectivity index (χ1) is 12.7. The maximum atomic E-state index is 9.69. The van der Waals surface area contributed by atoms with Gasteiger partial charge in [0.05, 0.1) is 0 Å². The first-order valence-corrected chi connectivity index (χ1v) is 11.3. The highest BCUT2D eigenvalue weighted by atomic mass is 28.4. The van der Waals surface area contributed by atoms with Gasteiger partial charge in [-0.2, -0.15) is 0 Å². The van der Waals surface area contributed by atoms with Crippen molar-refractivity contribution in [2.45, 2.75) is 18.1 Å². The van der Waals surface area contributed by atoms with Crippen LogP contribution in [0.4, 0.5) is 0 Å². The van der Waals surface area contributed by atoms with Crippen molar-refractivity contribution in [3.8, 4) is 0 Å². The molecule has 2 N–H and O–H groups in total. The monoisotopic (exact) mass is 362 g/mol. The summed E-state index contributed by atoms with van der Waals surface area (Å²) in [7, 11) is -4.35. The van der Waals surface area contributed by atoms with Crippen LogP contribution in [0.2, 0.25) is 0 Å². The van der Waals surface area contributed by atoms with Crippen LogP contribution in [-0.2, 0) is 22.5 Å². The third-order valence-corrected chi connectivity index (χ3v) is 8.33. The quantitative estimate of drug-likeness (QED) is 0.605. The highest BCUT2D eigenvalue weighted by Gasteiger charge is 2.39. The molecule has 0 saturated carbocycles. The van der Waals surface area contributed by atoms with E-state index in [2.05, 4.69) is 36.4 Å². The van der Waals surface area contributed by atoms with Gasteiger partial charge in [0.15, 0.2) is 8.32 Å². The minimum Gasteiger partial charge on any atom is -0.427 e. The molecule has 0 fully saturated rings. The van der Waals surface area contributed by atoms with E-state index in [0.717, 1.165) is 34.8 Å². The van der Waals surface area contributed by atoms with Crippen LogP contribution in [0.25, 0.3) is 0 Å². The Morgan fingerprint density at radius 1 is 0.577 bits per heavy atom. The predicted molar refractivity (Wildman–Crippen MR) is 107 cm³/mol. The van der Waals surface area contributed by atoms with E-state index in [1.807, 2.05) is 54.6 Å². The molecule has 0 amide bonds. The lowest BCUT2D eigenvalue weighted by Gasteiger charge is -2.32. The van der Waals surface area contributed by atoms with Crippen molar-refractivity contribution >= 4 is 15.6 Å². The summed E-state index contributed by atoms with van der Waals surface area (Å²) in [5.41, 5.74) is 3.48. The molecular weight excluding hydrogens is 339 g/mol. The zero-order chi connectivity index (χ0) is 18.2. The molecule has 5 heteroatoms. The summed E-state index contributed by atoms with van der Waals surface area (Å²) in [5.74, 6) is 0. The number of rotatable bonds is 8. The van der Waals surface area contributed by atoms with Gasteiger partial charge in [-0.15, -0.1) is 0 Å². The summed E-state index contributed by atoms with van der Waals surface area (Å²) in [6, 6.07) is 32.6. The second-order valence-corrected chi connectivity index (χ2v) is 10.3. The first kappa shape index (κ1) is 18.6. The second-order valence-electron chi connectivity index (χ2n) is 6.61. The van der Waals surface area contributed by atoms with Crippen LogP contribution in [-0.4, -0.2) is 25.7 Å². The van der Waals surface area contributed by atoms with Crippen LogP contribution in [0.15, 0.2) is 91.0 Å². The summed E-state index contributed by atoms with van der Waals surface area (Å²) < 4.78 is 5.90. The summed E-state index contributed by atoms with van der Waals surface area (Å²) in [4.78, 5) is 0. The maximum absolute atomic E-state index is 9.69. The van der Waals surface area contributed by atoms with Crippen LogP contribution >= 0.6 is 0 Å². The Kier molecular flexibility index (Phi) is 6.41. The van der Waals surface area contributed by atoms with E-state index in [1.165, 1.54) is 0 Å². The van der Waals surface area contributed by atoms with Crippen LogP contribution in [0.5, 0.6) is 0 Å². The molecule has 0 unspecified atom stereocenters. The normalized spacial score (nSPS) is 11.3. The molecule has 3 aromatic rings. The van der Waals surface area contributed by atoms with Crippen LogP contribution in [0, 0.1) is 0 Å². The van der Waals surface area contributed by atoms with Crippen molar-refractivity contribution in [1.82, 2.24) is 0 Å². The zero-order valence-corrected chi connectivity index (χ0v) is 15.7. The Bertz CT molecular complexity index is 681. The van der Waals surface area contributed by atoms with Gasteiger partial charge in [0, 0.05) is 0 Å². The van der Waals surface area contributed by atoms with Gasteiger partial charge in [-0.1, -0.05) is 91.0 Å². The Hall–Kier alpha value is -2.18. The highest BCUT2D eigenvalue weighted by molar-refractivity contribution is 6.76. The lowest BCUT2D eigenvalue weighted by atomic mass is 10.2. The van der Waals surface area contributed by atoms with Gasteiger partial charge in [-0.3, -0.25) is 0 Å². The molecule has 0 aliphatic heterocycles. The van der Waals surface area contributed by atoms with Gasteiger partial charge < -0.3 is 14.4 Å². The van der Waals surface area contributed by atoms with Gasteiger partial charge in [-0.05, 0) is 34.8 Å². The molecule has 3 aromatic carbocycles. The SMILES string of the molecule is OB(O)O[Si](Cc1ccccc1)(Cc1ccccc1)Cc1ccccc1. The van der Waals surface area contributed by atoms with Crippen LogP contribution < -0.4 is 0 Å². The van der Waals surface area contributed by atoms with Crippen molar-refractivity contribution in [3.05, 3.63) is 108 Å². The average Bonchev–Trinajstić information content (AvgIpc) is 2.63. The lowest BCUT2D eigenvalue weighted by Crippen LogP contribution is -2.51. The van der Waals surface area contributed by atoms with Gasteiger partial charge in [-0.25, -0.2) is 0 Å². The van der Waals surface area contributed by atoms with Crippen molar-refractivity contribution in [3.63, 3.8) is 0 Å². The third kappa shape index (κ3) is 5.41. The minimum atomic E-state index is -2.58. The molecule has 0 bridgehead atoms. The third-order valence-electron chi connectivity index (χ3n) is 4.46. The molecule has 0 atom stereocenters. The molecule has 0 aliphatic rings. The van der Waals surface area contributed by atoms with E-state index in [1.54, 1.807) is 0 Å². The molecule has 0 saturated heterocycles. The Labute approximate surface area is 156 Å². The van der Waals surface area contributed by atoms with Crippen molar-refractivity contribution in [2.75, 3.05) is 0 Å². The maximum Gasteiger partial charge on any atom is 0.623 e. The fourth-order valence-corrected chi connectivity index (χ4v) is 7.45. The van der Waals surface area contributed by atoms with Gasteiger partial charge in [0.2, 0.25) is 0 Å². The van der Waals surface area contributed by atoms with Crippen molar-refractivity contribution in [2.24, 2.45) is 0 Å². The molecule has 3 nitrogen and oxygen atoms in total. The fourth-order valence-electron chi connectivity index (χ4n) is 3.44. The summed E-state index contributed by atoms with van der Waals surface area (Å²) >= 11 is 0. The molecule has 0 aromatic heterocycles. The Morgan fingerprint density at radius 3 is 1.15 bits per heavy atom. The summed E-state index contributed by atoms with van der Waals surface area (Å²) in [6.07, 6.45) is 0. The van der Waals surface area contributed by atoms with E-state index in [9.17, 15) is 10.0 Å². The van der Waals surface area contributed by atoms with Gasteiger partial charge >= 0.3 is 7.32 Å². The lowest BCUT2D eigenvalue weighted by molar-refractivity contribution is 0.279. The number of hydrogen-bond donors (Lipinski definition) is 2. The molecule has 0 heterocycles. The van der Waals surface area contributed by atoms with E-state index in [0.29, 0.717) is 0 Å². The molecule has 0 radical (unpaired) electrons. The highest BCUT2D eigenvalue weighted by Crippen LogP contribution is 2.24. The van der Waals surface area contributed by atoms with Crippen molar-refractivity contribution < 1.29 is 14.4 Å². The fraction of sp³-hybridized carbons (Fsp3) is 0.143. The second kappa shape index (κ2) is 8.96. The molecule has 0 aliphatic carbocycles. The van der Waals surface area contributed by atoms with Gasteiger partial charge in [0.1, 0.15) is 0 Å². The zero-order valence-electron chi connectivity index (χ0n) is 14.7. The summed E-state index contributed by atoms with van der Waals surface area (Å²) in [5, 5.41) is 19.4. The molecule has 0 spiro atoms. The molecule has 26 heavy (non-hydrogen) atoms. The predicted octanol–water partition coefficient (Wildman–Crippen LogP) is 3.26. The van der Waals surface area contributed by atoms with E-state index >= 15 is 0 Å². The van der Waals surface area contributed by atoms with E-state index in [-0.39, 0.29) is 0 Å². The van der Waals surface area contributed by atoms with E-state index in [4.69, 9.17) is 4.34 Å². The number of hydrogen-bond acceptors (Lipinski definition) is 3. The standard InChI is InChI=1S/C21H23BO3Si/c23-22(24)25-26(16-19-10-4-1-5-11-19,17-20-12-6-2-7-13-20)18-21-14-8-3-9-15-21/h1-15,23-24H,16-18H2. The minimum absolute atomic E-state index is 0.718. The van der Waals surface area contributed by atoms with Crippen LogP contribution in [0.1, 0.15) is 16.7 Å². The topological polar surface area (TPSA) is 49.7 Å². The van der Waals surface area contributed by atoms with E-state index < -0.39 is 15.6 Å². The molecule has 132 valence electrons. The Balaban J connectivity index is 1.97.